The zero-order valence-corrected chi connectivity index (χ0v) is 9.02. The maximum atomic E-state index is 11.0. The Hall–Kier alpha value is -1.23. The molecule has 1 aromatic heterocycles. The van der Waals surface area contributed by atoms with Crippen LogP contribution in [0.3, 0.4) is 0 Å². The summed E-state index contributed by atoms with van der Waals surface area (Å²) in [6, 6.07) is 3.79. The number of nitrogens with one attached hydrogen (secondary N) is 2. The van der Waals surface area contributed by atoms with Crippen LogP contribution in [-0.2, 0) is 4.79 Å². The second-order valence-electron chi connectivity index (χ2n) is 2.59. The number of hydrogen-bond donors (Lipinski definition) is 2. The normalized spacial score (nSPS) is 9.57. The summed E-state index contributed by atoms with van der Waals surface area (Å²) in [5, 5.41) is 5.52. The van der Waals surface area contributed by atoms with Gasteiger partial charge in [-0.3, -0.25) is 4.79 Å². The van der Waals surface area contributed by atoms with Crippen LogP contribution in [0.2, 0.25) is 0 Å². The highest BCUT2D eigenvalue weighted by Gasteiger charge is 2.00. The van der Waals surface area contributed by atoms with Gasteiger partial charge in [-0.15, -0.1) is 11.8 Å². The van der Waals surface area contributed by atoms with Crippen molar-refractivity contribution < 1.29 is 4.79 Å². The molecule has 14 heavy (non-hydrogen) atoms. The number of rotatable bonds is 4. The van der Waals surface area contributed by atoms with Crippen LogP contribution in [0.4, 0.5) is 5.82 Å². The number of hydrogen-bond acceptors (Lipinski definition) is 4. The van der Waals surface area contributed by atoms with Crippen LogP contribution in [0.5, 0.6) is 0 Å². The molecule has 2 N–H and O–H groups in total. The first-order valence-corrected chi connectivity index (χ1v) is 5.22. The van der Waals surface area contributed by atoms with Crippen LogP contribution >= 0.6 is 11.8 Å². The highest BCUT2D eigenvalue weighted by Crippen LogP contribution is 2.19. The molecule has 0 aliphatic rings. The molecule has 0 spiro atoms. The van der Waals surface area contributed by atoms with Gasteiger partial charge in [0, 0.05) is 25.2 Å². The summed E-state index contributed by atoms with van der Waals surface area (Å²) in [7, 11) is 3.45. The number of nitrogens with zero attached hydrogens (tertiary/aromatic N) is 1. The van der Waals surface area contributed by atoms with E-state index in [0.717, 1.165) is 10.7 Å². The van der Waals surface area contributed by atoms with Gasteiger partial charge in [0.2, 0.25) is 5.91 Å². The Bertz CT molecular complexity index is 317. The first kappa shape index (κ1) is 10.8. The number of carbonyl (C=O) groups excluding carboxylic acids is 1. The van der Waals surface area contributed by atoms with Gasteiger partial charge in [0.15, 0.2) is 0 Å². The fourth-order valence-electron chi connectivity index (χ4n) is 0.859. The second kappa shape index (κ2) is 5.49. The van der Waals surface area contributed by atoms with E-state index in [9.17, 15) is 4.79 Å². The molecule has 5 heteroatoms. The molecule has 0 aliphatic carbocycles. The molecule has 0 unspecified atom stereocenters. The summed E-state index contributed by atoms with van der Waals surface area (Å²) < 4.78 is 0. The summed E-state index contributed by atoms with van der Waals surface area (Å²) in [6.45, 7) is 0. The predicted octanol–water partition coefficient (Wildman–Crippen LogP) is 0.961. The van der Waals surface area contributed by atoms with Gasteiger partial charge in [-0.25, -0.2) is 4.98 Å². The van der Waals surface area contributed by atoms with E-state index in [0.29, 0.717) is 5.75 Å². The Balaban J connectivity index is 2.54. The molecule has 0 saturated carbocycles. The van der Waals surface area contributed by atoms with Crippen molar-refractivity contribution in [1.82, 2.24) is 10.3 Å². The third-order valence-electron chi connectivity index (χ3n) is 1.64. The van der Waals surface area contributed by atoms with Crippen LogP contribution in [0.1, 0.15) is 0 Å². The molecule has 1 heterocycles. The van der Waals surface area contributed by atoms with Gasteiger partial charge >= 0.3 is 0 Å². The van der Waals surface area contributed by atoms with Crippen molar-refractivity contribution >= 4 is 23.5 Å². The summed E-state index contributed by atoms with van der Waals surface area (Å²) in [4.78, 5) is 16.1. The van der Waals surface area contributed by atoms with Crippen molar-refractivity contribution in [1.29, 1.82) is 0 Å². The van der Waals surface area contributed by atoms with Crippen molar-refractivity contribution in [2.75, 3.05) is 25.2 Å². The molecule has 76 valence electrons. The summed E-state index contributed by atoms with van der Waals surface area (Å²) >= 11 is 1.49. The first-order chi connectivity index (χ1) is 6.76. The molecule has 0 aromatic carbocycles. The fourth-order valence-corrected chi connectivity index (χ4v) is 1.65. The van der Waals surface area contributed by atoms with Crippen LogP contribution in [0, 0.1) is 0 Å². The Labute approximate surface area is 87.5 Å². The molecule has 0 radical (unpaired) electrons. The molecule has 1 amide bonds. The molecular weight excluding hydrogens is 198 g/mol. The van der Waals surface area contributed by atoms with Crippen LogP contribution in [-0.4, -0.2) is 30.7 Å². The molecule has 0 aliphatic heterocycles. The van der Waals surface area contributed by atoms with Crippen molar-refractivity contribution in [2.24, 2.45) is 0 Å². The third kappa shape index (κ3) is 3.26. The minimum atomic E-state index is 0.0258. The Morgan fingerprint density at radius 3 is 3.00 bits per heavy atom. The fraction of sp³-hybridized carbons (Fsp3) is 0.333. The lowest BCUT2D eigenvalue weighted by atomic mass is 10.5. The molecule has 1 aromatic rings. The monoisotopic (exact) mass is 211 g/mol. The highest BCUT2D eigenvalue weighted by molar-refractivity contribution is 8.00. The van der Waals surface area contributed by atoms with Crippen molar-refractivity contribution in [2.45, 2.75) is 4.90 Å². The maximum Gasteiger partial charge on any atom is 0.230 e. The van der Waals surface area contributed by atoms with E-state index < -0.39 is 0 Å². The average molecular weight is 211 g/mol. The minimum absolute atomic E-state index is 0.0258. The molecule has 0 fully saturated rings. The number of carbonyl (C=O) groups is 1. The SMILES string of the molecule is CNC(=O)CSc1ccnc(NC)c1. The van der Waals surface area contributed by atoms with Crippen molar-refractivity contribution in [3.8, 4) is 0 Å². The molecule has 0 bridgehead atoms. The highest BCUT2D eigenvalue weighted by atomic mass is 32.2. The average Bonchev–Trinajstić information content (AvgIpc) is 2.26. The van der Waals surface area contributed by atoms with Gasteiger partial charge < -0.3 is 10.6 Å². The lowest BCUT2D eigenvalue weighted by Crippen LogP contribution is -2.19. The van der Waals surface area contributed by atoms with E-state index in [4.69, 9.17) is 0 Å². The minimum Gasteiger partial charge on any atom is -0.373 e. The summed E-state index contributed by atoms with van der Waals surface area (Å²) in [5.41, 5.74) is 0. The van der Waals surface area contributed by atoms with Crippen molar-refractivity contribution in [3.05, 3.63) is 18.3 Å². The number of thioether (sulfide) groups is 1. The van der Waals surface area contributed by atoms with E-state index in [2.05, 4.69) is 15.6 Å². The van der Waals surface area contributed by atoms with E-state index in [1.165, 1.54) is 11.8 Å². The molecule has 0 atom stereocenters. The predicted molar refractivity (Wildman–Crippen MR) is 58.6 cm³/mol. The van der Waals surface area contributed by atoms with E-state index in [1.807, 2.05) is 19.2 Å². The van der Waals surface area contributed by atoms with Gasteiger partial charge in [-0.1, -0.05) is 0 Å². The first-order valence-electron chi connectivity index (χ1n) is 4.23. The van der Waals surface area contributed by atoms with Gasteiger partial charge in [0.25, 0.3) is 0 Å². The topological polar surface area (TPSA) is 54.0 Å². The Morgan fingerprint density at radius 2 is 2.36 bits per heavy atom. The maximum absolute atomic E-state index is 11.0. The quantitative estimate of drug-likeness (QED) is 0.728. The largest absolute Gasteiger partial charge is 0.373 e. The Kier molecular flexibility index (Phi) is 4.25. The number of anilines is 1. The van der Waals surface area contributed by atoms with Crippen molar-refractivity contribution in [3.63, 3.8) is 0 Å². The summed E-state index contributed by atoms with van der Waals surface area (Å²) in [5.74, 6) is 1.27. The zero-order valence-electron chi connectivity index (χ0n) is 8.20. The van der Waals surface area contributed by atoms with Crippen LogP contribution < -0.4 is 10.6 Å². The number of amides is 1. The standard InChI is InChI=1S/C9H13N3OS/c1-10-8-5-7(3-4-12-8)14-6-9(13)11-2/h3-5H,6H2,1-2H3,(H,10,12)(H,11,13). The molecule has 0 saturated heterocycles. The van der Waals surface area contributed by atoms with Gasteiger partial charge in [0.1, 0.15) is 5.82 Å². The molecule has 4 nitrogen and oxygen atoms in total. The number of pyridine rings is 1. The van der Waals surface area contributed by atoms with E-state index in [-0.39, 0.29) is 5.91 Å². The van der Waals surface area contributed by atoms with E-state index >= 15 is 0 Å². The van der Waals surface area contributed by atoms with Gasteiger partial charge in [-0.2, -0.15) is 0 Å². The summed E-state index contributed by atoms with van der Waals surface area (Å²) in [6.07, 6.45) is 1.72. The lowest BCUT2D eigenvalue weighted by Gasteiger charge is -2.02. The number of aromatic nitrogens is 1. The van der Waals surface area contributed by atoms with Crippen LogP contribution in [0.25, 0.3) is 0 Å². The smallest absolute Gasteiger partial charge is 0.230 e. The third-order valence-corrected chi connectivity index (χ3v) is 2.63. The van der Waals surface area contributed by atoms with E-state index in [1.54, 1.807) is 13.2 Å². The zero-order chi connectivity index (χ0) is 10.4. The van der Waals surface area contributed by atoms with Gasteiger partial charge in [-0.05, 0) is 12.1 Å². The Morgan fingerprint density at radius 1 is 1.57 bits per heavy atom. The van der Waals surface area contributed by atoms with Crippen LogP contribution in [0.15, 0.2) is 23.2 Å². The molecular formula is C9H13N3OS. The molecule has 1 rings (SSSR count). The van der Waals surface area contributed by atoms with Gasteiger partial charge in [0.05, 0.1) is 5.75 Å². The lowest BCUT2D eigenvalue weighted by molar-refractivity contribution is -0.118. The second-order valence-corrected chi connectivity index (χ2v) is 3.64.